The van der Waals surface area contributed by atoms with Gasteiger partial charge in [-0.25, -0.2) is 26.4 Å². The Morgan fingerprint density at radius 2 is 0.846 bits per heavy atom. The first-order valence-corrected chi connectivity index (χ1v) is 28.4. The van der Waals surface area contributed by atoms with Gasteiger partial charge in [0.1, 0.15) is 11.5 Å². The van der Waals surface area contributed by atoms with Crippen LogP contribution < -0.4 is 28.4 Å². The molecule has 8 rings (SSSR count). The topological polar surface area (TPSA) is 183 Å². The van der Waals surface area contributed by atoms with Gasteiger partial charge >= 0.3 is 11.9 Å². The molecule has 0 N–H and O–H groups in total. The summed E-state index contributed by atoms with van der Waals surface area (Å²) < 4.78 is 104. The molecule has 18 heteroatoms. The second-order valence-electron chi connectivity index (χ2n) is 18.7. The molecule has 6 aromatic carbocycles. The van der Waals surface area contributed by atoms with Crippen molar-refractivity contribution in [2.45, 2.75) is 74.0 Å². The molecule has 0 saturated heterocycles. The lowest BCUT2D eigenvalue weighted by atomic mass is 10.1. The van der Waals surface area contributed by atoms with Crippen LogP contribution in [0.1, 0.15) is 72.3 Å². The number of esters is 2. The zero-order valence-corrected chi connectivity index (χ0v) is 46.5. The molecule has 0 spiro atoms. The standard InChI is InChI=1S/C60H64N2O14S2/c1-9-55(61(3)33-31-39-19-29-49(69-5)51(35-39)71-7)73-43-21-25-45(26-22-43)77(65,66)53-37-41-15-11-13-17-47(41)57(53)75-59(63)60(64)76-58-48-18-14-12-16-42(48)38-54(58)78(67,68)46-27-23-44(24-28-46)74-56(10-2)62(4)34-32-40-20-30-50(70-6)52(36-40)72-8/h11-30,35-38,55-58H,9-10,31-34H2,1-8H3. The van der Waals surface area contributed by atoms with Crippen molar-refractivity contribution in [1.82, 2.24) is 9.80 Å². The second kappa shape index (κ2) is 24.8. The summed E-state index contributed by atoms with van der Waals surface area (Å²) in [5.41, 5.74) is 3.69. The van der Waals surface area contributed by atoms with Gasteiger partial charge in [0, 0.05) is 24.2 Å². The van der Waals surface area contributed by atoms with Gasteiger partial charge in [0.2, 0.25) is 19.7 Å². The zero-order chi connectivity index (χ0) is 55.7. The molecular formula is C60H64N2O14S2. The normalized spacial score (nSPS) is 15.6. The fourth-order valence-electron chi connectivity index (χ4n) is 9.44. The third-order valence-electron chi connectivity index (χ3n) is 13.8. The maximum absolute atomic E-state index is 14.5. The Hall–Kier alpha value is -7.64. The molecule has 0 aromatic heterocycles. The van der Waals surface area contributed by atoms with Crippen LogP contribution in [-0.2, 0) is 51.6 Å². The number of benzene rings is 6. The molecule has 4 unspecified atom stereocenters. The maximum atomic E-state index is 14.5. The summed E-state index contributed by atoms with van der Waals surface area (Å²) in [5, 5.41) is 0. The highest BCUT2D eigenvalue weighted by atomic mass is 32.2. The molecule has 410 valence electrons. The van der Waals surface area contributed by atoms with Crippen molar-refractivity contribution in [3.8, 4) is 34.5 Å². The minimum atomic E-state index is -4.36. The first-order chi connectivity index (χ1) is 37.5. The number of fused-ring (bicyclic) bond motifs is 2. The Balaban J connectivity index is 0.926. The van der Waals surface area contributed by atoms with Crippen LogP contribution in [0.5, 0.6) is 34.5 Å². The van der Waals surface area contributed by atoms with Crippen LogP contribution >= 0.6 is 0 Å². The van der Waals surface area contributed by atoms with Crippen LogP contribution in [0.15, 0.2) is 153 Å². The molecule has 0 aliphatic heterocycles. The van der Waals surface area contributed by atoms with Crippen LogP contribution in [0.3, 0.4) is 0 Å². The molecular weight excluding hydrogens is 1040 g/mol. The van der Waals surface area contributed by atoms with Gasteiger partial charge < -0.3 is 37.9 Å². The van der Waals surface area contributed by atoms with Crippen LogP contribution in [0.4, 0.5) is 0 Å². The molecule has 0 radical (unpaired) electrons. The van der Waals surface area contributed by atoms with Crippen LogP contribution in [0, 0.1) is 0 Å². The Morgan fingerprint density at radius 3 is 1.19 bits per heavy atom. The largest absolute Gasteiger partial charge is 0.493 e. The highest BCUT2D eigenvalue weighted by Gasteiger charge is 2.42. The van der Waals surface area contributed by atoms with Crippen LogP contribution in [0.25, 0.3) is 12.2 Å². The Kier molecular flexibility index (Phi) is 18.0. The number of methoxy groups -OCH3 is 4. The summed E-state index contributed by atoms with van der Waals surface area (Å²) in [5.74, 6) is 0.403. The number of nitrogens with zero attached hydrogens (tertiary/aromatic N) is 2. The van der Waals surface area contributed by atoms with E-state index in [-0.39, 0.29) is 32.1 Å². The van der Waals surface area contributed by atoms with Gasteiger partial charge in [-0.1, -0.05) is 74.5 Å². The predicted octanol–water partition coefficient (Wildman–Crippen LogP) is 9.83. The number of hydrogen-bond acceptors (Lipinski definition) is 16. The number of sulfone groups is 2. The molecule has 2 aliphatic rings. The molecule has 4 atom stereocenters. The minimum Gasteiger partial charge on any atom is -0.493 e. The highest BCUT2D eigenvalue weighted by molar-refractivity contribution is 7.95. The molecule has 0 bridgehead atoms. The fourth-order valence-corrected chi connectivity index (χ4v) is 12.5. The van der Waals surface area contributed by atoms with E-state index in [2.05, 4.69) is 9.80 Å². The quantitative estimate of drug-likeness (QED) is 0.0317. The summed E-state index contributed by atoms with van der Waals surface area (Å²) in [6.07, 6.45) is 1.75. The van der Waals surface area contributed by atoms with Crippen molar-refractivity contribution in [1.29, 1.82) is 0 Å². The van der Waals surface area contributed by atoms with Gasteiger partial charge in [-0.15, -0.1) is 0 Å². The number of ether oxygens (including phenoxy) is 8. The fraction of sp³-hybridized carbons (Fsp3) is 0.300. The first-order valence-electron chi connectivity index (χ1n) is 25.4. The van der Waals surface area contributed by atoms with E-state index in [1.807, 2.05) is 64.3 Å². The lowest BCUT2D eigenvalue weighted by molar-refractivity contribution is -0.172. The zero-order valence-electron chi connectivity index (χ0n) is 44.8. The molecule has 0 amide bonds. The smallest absolute Gasteiger partial charge is 0.418 e. The maximum Gasteiger partial charge on any atom is 0.418 e. The van der Waals surface area contributed by atoms with Crippen LogP contribution in [0.2, 0.25) is 0 Å². The van der Waals surface area contributed by atoms with Crippen molar-refractivity contribution in [2.75, 3.05) is 55.6 Å². The van der Waals surface area contributed by atoms with Gasteiger partial charge in [0.15, 0.2) is 47.7 Å². The predicted molar refractivity (Wildman–Crippen MR) is 295 cm³/mol. The van der Waals surface area contributed by atoms with Crippen molar-refractivity contribution in [3.63, 3.8) is 0 Å². The van der Waals surface area contributed by atoms with Crippen molar-refractivity contribution in [3.05, 3.63) is 177 Å². The Labute approximate surface area is 456 Å². The molecule has 0 fully saturated rings. The summed E-state index contributed by atoms with van der Waals surface area (Å²) in [6, 6.07) is 36.7. The van der Waals surface area contributed by atoms with Gasteiger partial charge in [-0.2, -0.15) is 0 Å². The lowest BCUT2D eigenvalue weighted by Crippen LogP contribution is -2.37. The summed E-state index contributed by atoms with van der Waals surface area (Å²) in [4.78, 5) is 31.1. The van der Waals surface area contributed by atoms with Gasteiger partial charge in [-0.3, -0.25) is 9.80 Å². The molecule has 6 aromatic rings. The van der Waals surface area contributed by atoms with E-state index in [1.165, 1.54) is 36.4 Å². The van der Waals surface area contributed by atoms with E-state index in [9.17, 15) is 26.4 Å². The second-order valence-corrected chi connectivity index (χ2v) is 22.6. The first kappa shape index (κ1) is 56.6. The molecule has 16 nitrogen and oxygen atoms in total. The van der Waals surface area contributed by atoms with Gasteiger partial charge in [0.05, 0.1) is 48.0 Å². The van der Waals surface area contributed by atoms with E-state index in [1.54, 1.807) is 101 Å². The number of carbonyl (C=O) groups excluding carboxylic acids is 2. The molecule has 0 heterocycles. The molecule has 0 saturated carbocycles. The Bertz CT molecular complexity index is 3190. The SMILES string of the molecule is CCC(Oc1ccc(S(=O)(=O)C2=Cc3ccccc3C2OC(=O)C(=O)OC2C(S(=O)(=O)c3ccc(OC(CC)N(C)CCc4ccc(OC)c(OC)c4)cc3)=Cc3ccccc32)cc1)N(C)CCc1ccc(OC)c(OC)c1. The third-order valence-corrected chi connectivity index (χ3v) is 17.5. The highest BCUT2D eigenvalue weighted by Crippen LogP contribution is 2.45. The van der Waals surface area contributed by atoms with Gasteiger partial charge in [0.25, 0.3) is 0 Å². The van der Waals surface area contributed by atoms with E-state index >= 15 is 0 Å². The van der Waals surface area contributed by atoms with Crippen molar-refractivity contribution in [2.24, 2.45) is 0 Å². The number of likely N-dealkylation sites (N-methyl/N-ethyl adjacent to an activating group) is 2. The van der Waals surface area contributed by atoms with Crippen LogP contribution in [-0.4, -0.2) is 107 Å². The van der Waals surface area contributed by atoms with Gasteiger partial charge in [-0.05, 0) is 147 Å². The van der Waals surface area contributed by atoms with Crippen molar-refractivity contribution >= 4 is 43.8 Å². The average molecular weight is 1100 g/mol. The average Bonchev–Trinajstić information content (AvgIpc) is 4.09. The van der Waals surface area contributed by atoms with E-state index < -0.39 is 43.8 Å². The summed E-state index contributed by atoms with van der Waals surface area (Å²) in [7, 11) is 1.54. The van der Waals surface area contributed by atoms with Crippen molar-refractivity contribution < 1.29 is 64.3 Å². The van der Waals surface area contributed by atoms with E-state index in [0.29, 0.717) is 95.5 Å². The number of rotatable bonds is 24. The minimum absolute atomic E-state index is 0.102. The number of hydrogen-bond donors (Lipinski definition) is 0. The molecule has 78 heavy (non-hydrogen) atoms. The Morgan fingerprint density at radius 1 is 0.487 bits per heavy atom. The monoisotopic (exact) mass is 1100 g/mol. The van der Waals surface area contributed by atoms with E-state index in [4.69, 9.17) is 37.9 Å². The van der Waals surface area contributed by atoms with E-state index in [0.717, 1.165) is 11.1 Å². The third kappa shape index (κ3) is 12.4. The molecule has 2 aliphatic carbocycles. The lowest BCUT2D eigenvalue weighted by Gasteiger charge is -2.28. The summed E-state index contributed by atoms with van der Waals surface area (Å²) >= 11 is 0. The number of carbonyl (C=O) groups is 2. The summed E-state index contributed by atoms with van der Waals surface area (Å²) in [6.45, 7) is 5.30.